The Balaban J connectivity index is 2.22. The van der Waals surface area contributed by atoms with E-state index in [-0.39, 0.29) is 5.41 Å². The molecule has 0 spiro atoms. The molecule has 1 aromatic carbocycles. The summed E-state index contributed by atoms with van der Waals surface area (Å²) in [6.07, 6.45) is 0. The van der Waals surface area contributed by atoms with Crippen LogP contribution in [-0.2, 0) is 12.0 Å². The Morgan fingerprint density at radius 3 is 2.46 bits per heavy atom. The summed E-state index contributed by atoms with van der Waals surface area (Å²) in [7, 11) is 3.26. The molecule has 0 aliphatic heterocycles. The molecule has 0 aliphatic rings. The van der Waals surface area contributed by atoms with Gasteiger partial charge in [0.2, 0.25) is 0 Å². The van der Waals surface area contributed by atoms with E-state index in [1.165, 1.54) is 5.69 Å². The van der Waals surface area contributed by atoms with Gasteiger partial charge >= 0.3 is 0 Å². The van der Waals surface area contributed by atoms with Crippen LogP contribution in [-0.4, -0.2) is 23.6 Å². The van der Waals surface area contributed by atoms with Crippen molar-refractivity contribution >= 4 is 16.3 Å². The van der Waals surface area contributed by atoms with Gasteiger partial charge in [0.05, 0.1) is 25.6 Å². The molecule has 0 unspecified atom stereocenters. The van der Waals surface area contributed by atoms with E-state index < -0.39 is 0 Å². The van der Waals surface area contributed by atoms with Gasteiger partial charge < -0.3 is 15.2 Å². The van der Waals surface area contributed by atoms with E-state index in [0.717, 1.165) is 21.9 Å². The first kappa shape index (κ1) is 16.8. The van der Waals surface area contributed by atoms with Crippen LogP contribution in [0.25, 0.3) is 16.2 Å². The van der Waals surface area contributed by atoms with Crippen molar-refractivity contribution in [3.05, 3.63) is 35.0 Å². The van der Waals surface area contributed by atoms with Crippen LogP contribution in [0.5, 0.6) is 11.5 Å². The van der Waals surface area contributed by atoms with Crippen LogP contribution in [0, 0.1) is 0 Å². The zero-order valence-corrected chi connectivity index (χ0v) is 15.5. The number of hydrogen-bond acceptors (Lipinski definition) is 5. The molecule has 24 heavy (non-hydrogen) atoms. The van der Waals surface area contributed by atoms with Crippen molar-refractivity contribution < 1.29 is 9.47 Å². The molecule has 0 atom stereocenters. The monoisotopic (exact) mass is 345 g/mol. The Morgan fingerprint density at radius 2 is 1.88 bits per heavy atom. The number of fused-ring (bicyclic) bond motifs is 1. The summed E-state index contributed by atoms with van der Waals surface area (Å²) < 4.78 is 12.9. The van der Waals surface area contributed by atoms with E-state index in [0.29, 0.717) is 18.0 Å². The number of thiazole rings is 1. The number of imidazole rings is 1. The van der Waals surface area contributed by atoms with Crippen LogP contribution in [0.2, 0.25) is 0 Å². The fourth-order valence-corrected chi connectivity index (χ4v) is 3.97. The minimum atomic E-state index is 0.0255. The Bertz CT molecular complexity index is 874. The Labute approximate surface area is 146 Å². The lowest BCUT2D eigenvalue weighted by molar-refractivity contribution is 0.355. The lowest BCUT2D eigenvalue weighted by Gasteiger charge is -2.18. The topological polar surface area (TPSA) is 61.8 Å². The first-order valence-corrected chi connectivity index (χ1v) is 8.70. The third kappa shape index (κ3) is 2.65. The van der Waals surface area contributed by atoms with Crippen LogP contribution in [0.15, 0.2) is 23.6 Å². The van der Waals surface area contributed by atoms with Crippen molar-refractivity contribution in [3.63, 3.8) is 0 Å². The highest BCUT2D eigenvalue weighted by Gasteiger charge is 2.24. The maximum atomic E-state index is 6.08. The molecule has 0 radical (unpaired) electrons. The van der Waals surface area contributed by atoms with Crippen molar-refractivity contribution in [2.24, 2.45) is 5.73 Å². The maximum Gasteiger partial charge on any atom is 0.194 e. The number of ether oxygens (including phenoxy) is 2. The normalized spacial score (nSPS) is 11.9. The van der Waals surface area contributed by atoms with Crippen LogP contribution in [0.3, 0.4) is 0 Å². The number of aromatic nitrogens is 2. The molecule has 0 saturated carbocycles. The lowest BCUT2D eigenvalue weighted by Crippen LogP contribution is -2.16. The summed E-state index contributed by atoms with van der Waals surface area (Å²) in [6, 6.07) is 5.83. The molecular formula is C18H23N3O2S. The molecule has 3 rings (SSSR count). The average molecular weight is 345 g/mol. The number of rotatable bonds is 4. The van der Waals surface area contributed by atoms with Crippen LogP contribution in [0.1, 0.15) is 32.2 Å². The van der Waals surface area contributed by atoms with E-state index in [1.807, 2.05) is 18.2 Å². The number of methoxy groups -OCH3 is 2. The first-order chi connectivity index (χ1) is 11.4. The molecule has 2 aromatic heterocycles. The number of hydrogen-bond donors (Lipinski definition) is 1. The van der Waals surface area contributed by atoms with Gasteiger partial charge in [-0.2, -0.15) is 0 Å². The van der Waals surface area contributed by atoms with Gasteiger partial charge in [-0.05, 0) is 18.2 Å². The zero-order chi connectivity index (χ0) is 17.5. The predicted molar refractivity (Wildman–Crippen MR) is 98.2 cm³/mol. The molecule has 0 amide bonds. The molecule has 128 valence electrons. The van der Waals surface area contributed by atoms with Crippen LogP contribution in [0.4, 0.5) is 0 Å². The van der Waals surface area contributed by atoms with Gasteiger partial charge in [-0.1, -0.05) is 20.8 Å². The van der Waals surface area contributed by atoms with E-state index in [2.05, 4.69) is 30.6 Å². The molecule has 0 fully saturated rings. The summed E-state index contributed by atoms with van der Waals surface area (Å²) >= 11 is 1.64. The smallest absolute Gasteiger partial charge is 0.194 e. The minimum absolute atomic E-state index is 0.0255. The predicted octanol–water partition coefficient (Wildman–Crippen LogP) is 3.84. The summed E-state index contributed by atoms with van der Waals surface area (Å²) in [5, 5.41) is 2.17. The van der Waals surface area contributed by atoms with E-state index >= 15 is 0 Å². The van der Waals surface area contributed by atoms with Crippen molar-refractivity contribution in [1.29, 1.82) is 0 Å². The quantitative estimate of drug-likeness (QED) is 0.780. The van der Waals surface area contributed by atoms with Crippen molar-refractivity contribution in [1.82, 2.24) is 9.38 Å². The van der Waals surface area contributed by atoms with Crippen molar-refractivity contribution in [2.45, 2.75) is 32.7 Å². The Kier molecular flexibility index (Phi) is 4.27. The molecule has 5 nitrogen and oxygen atoms in total. The standard InChI is InChI=1S/C18H23N3O2S/c1-18(2,3)15-10-24-17-20-16(12(9-19)21(15)17)11-6-7-13(22-4)14(8-11)23-5/h6-8,10H,9,19H2,1-5H3. The van der Waals surface area contributed by atoms with Gasteiger partial charge in [-0.15, -0.1) is 11.3 Å². The highest BCUT2D eigenvalue weighted by molar-refractivity contribution is 7.15. The first-order valence-electron chi connectivity index (χ1n) is 7.82. The molecule has 0 bridgehead atoms. The summed E-state index contributed by atoms with van der Waals surface area (Å²) in [5.74, 6) is 1.39. The number of nitrogens with zero attached hydrogens (tertiary/aromatic N) is 2. The molecule has 2 N–H and O–H groups in total. The molecular weight excluding hydrogens is 322 g/mol. The third-order valence-corrected chi connectivity index (χ3v) is 4.90. The van der Waals surface area contributed by atoms with Crippen molar-refractivity contribution in [2.75, 3.05) is 14.2 Å². The highest BCUT2D eigenvalue weighted by Crippen LogP contribution is 2.36. The number of nitrogens with two attached hydrogens (primary N) is 1. The summed E-state index contributed by atoms with van der Waals surface area (Å²) in [5.41, 5.74) is 10.2. The summed E-state index contributed by atoms with van der Waals surface area (Å²) in [6.45, 7) is 7.02. The molecule has 2 heterocycles. The average Bonchev–Trinajstić information content (AvgIpc) is 3.11. The SMILES string of the molecule is COc1ccc(-c2nc3scc(C(C)(C)C)n3c2CN)cc1OC. The van der Waals surface area contributed by atoms with Crippen molar-refractivity contribution in [3.8, 4) is 22.8 Å². The Hall–Kier alpha value is -2.05. The second-order valence-corrected chi connectivity index (χ2v) is 7.51. The number of benzene rings is 1. The summed E-state index contributed by atoms with van der Waals surface area (Å²) in [4.78, 5) is 5.79. The van der Waals surface area contributed by atoms with Gasteiger partial charge in [0, 0.05) is 28.6 Å². The second-order valence-electron chi connectivity index (χ2n) is 6.67. The van der Waals surface area contributed by atoms with Gasteiger partial charge in [0.25, 0.3) is 0 Å². The molecule has 0 aliphatic carbocycles. The zero-order valence-electron chi connectivity index (χ0n) is 14.7. The van der Waals surface area contributed by atoms with Gasteiger partial charge in [-0.25, -0.2) is 4.98 Å². The minimum Gasteiger partial charge on any atom is -0.493 e. The van der Waals surface area contributed by atoms with Gasteiger partial charge in [0.15, 0.2) is 16.5 Å². The van der Waals surface area contributed by atoms with Gasteiger partial charge in [-0.3, -0.25) is 4.40 Å². The molecule has 3 aromatic rings. The van der Waals surface area contributed by atoms with Gasteiger partial charge in [0.1, 0.15) is 0 Å². The molecule has 6 heteroatoms. The van der Waals surface area contributed by atoms with E-state index in [9.17, 15) is 0 Å². The molecule has 0 saturated heterocycles. The second kappa shape index (κ2) is 6.11. The highest BCUT2D eigenvalue weighted by atomic mass is 32.1. The van der Waals surface area contributed by atoms with E-state index in [4.69, 9.17) is 20.2 Å². The maximum absolute atomic E-state index is 6.08. The van der Waals surface area contributed by atoms with Crippen LogP contribution < -0.4 is 15.2 Å². The lowest BCUT2D eigenvalue weighted by atomic mass is 9.93. The third-order valence-electron chi connectivity index (χ3n) is 4.08. The fourth-order valence-electron chi connectivity index (χ4n) is 2.84. The van der Waals surface area contributed by atoms with Crippen LogP contribution >= 0.6 is 11.3 Å². The largest absolute Gasteiger partial charge is 0.493 e. The van der Waals surface area contributed by atoms with E-state index in [1.54, 1.807) is 25.6 Å². The Morgan fingerprint density at radius 1 is 1.17 bits per heavy atom. The fraction of sp³-hybridized carbons (Fsp3) is 0.389.